The number of rotatable bonds is 7. The minimum Gasteiger partial charge on any atom is -0.296 e. The molecule has 0 aromatic carbocycles. The first-order valence-electron chi connectivity index (χ1n) is 6.44. The highest BCUT2D eigenvalue weighted by atomic mass is 35.5. The van der Waals surface area contributed by atoms with Gasteiger partial charge in [-0.15, -0.1) is 6.58 Å². The van der Waals surface area contributed by atoms with E-state index in [4.69, 9.17) is 11.6 Å². The van der Waals surface area contributed by atoms with Crippen LogP contribution in [0.15, 0.2) is 23.5 Å². The smallest absolute Gasteiger partial charge is 0.254 e. The predicted octanol–water partition coefficient (Wildman–Crippen LogP) is 3.77. The zero-order valence-corrected chi connectivity index (χ0v) is 11.9. The molecule has 0 radical (unpaired) electrons. The molecule has 0 aliphatic rings. The van der Waals surface area contributed by atoms with Crippen molar-refractivity contribution in [1.29, 1.82) is 0 Å². The van der Waals surface area contributed by atoms with Gasteiger partial charge in [0.2, 0.25) is 0 Å². The fraction of sp³-hybridized carbons (Fsp3) is 0.571. The second-order valence-electron chi connectivity index (χ2n) is 4.72. The Morgan fingerprint density at radius 1 is 1.44 bits per heavy atom. The van der Waals surface area contributed by atoms with Crippen molar-refractivity contribution in [3.05, 3.63) is 40.1 Å². The topological polar surface area (TPSA) is 34.9 Å². The lowest BCUT2D eigenvalue weighted by Crippen LogP contribution is -2.25. The lowest BCUT2D eigenvalue weighted by atomic mass is 10.1. The third-order valence-electron chi connectivity index (χ3n) is 2.81. The molecule has 0 aliphatic heterocycles. The van der Waals surface area contributed by atoms with Crippen LogP contribution in [-0.4, -0.2) is 9.55 Å². The molecule has 0 aliphatic carbocycles. The molecule has 3 nitrogen and oxygen atoms in total. The third-order valence-corrected chi connectivity index (χ3v) is 3.01. The zero-order chi connectivity index (χ0) is 13.5. The van der Waals surface area contributed by atoms with Gasteiger partial charge in [0, 0.05) is 18.5 Å². The second kappa shape index (κ2) is 7.37. The summed E-state index contributed by atoms with van der Waals surface area (Å²) >= 11 is 5.83. The maximum Gasteiger partial charge on any atom is 0.254 e. The predicted molar refractivity (Wildman–Crippen MR) is 76.3 cm³/mol. The summed E-state index contributed by atoms with van der Waals surface area (Å²) in [5.74, 6) is 0.973. The summed E-state index contributed by atoms with van der Waals surface area (Å²) in [7, 11) is 0. The van der Waals surface area contributed by atoms with Gasteiger partial charge in [-0.25, -0.2) is 4.98 Å². The maximum atomic E-state index is 11.9. The molecule has 0 atom stereocenters. The van der Waals surface area contributed by atoms with Gasteiger partial charge in [0.05, 0.1) is 0 Å². The minimum absolute atomic E-state index is 0.0533. The Morgan fingerprint density at radius 2 is 2.17 bits per heavy atom. The molecule has 1 heterocycles. The molecule has 4 heteroatoms. The summed E-state index contributed by atoms with van der Waals surface area (Å²) in [5.41, 5.74) is -0.0533. The van der Waals surface area contributed by atoms with Crippen molar-refractivity contribution in [3.8, 4) is 0 Å². The van der Waals surface area contributed by atoms with Crippen LogP contribution in [0.25, 0.3) is 0 Å². The van der Waals surface area contributed by atoms with Crippen molar-refractivity contribution in [2.75, 3.05) is 0 Å². The average molecular weight is 269 g/mol. The van der Waals surface area contributed by atoms with E-state index < -0.39 is 0 Å². The fourth-order valence-electron chi connectivity index (χ4n) is 1.90. The van der Waals surface area contributed by atoms with Crippen LogP contribution < -0.4 is 5.56 Å². The van der Waals surface area contributed by atoms with Gasteiger partial charge in [-0.05, 0) is 19.3 Å². The summed E-state index contributed by atoms with van der Waals surface area (Å²) in [4.78, 5) is 16.2. The highest BCUT2D eigenvalue weighted by Gasteiger charge is 2.10. The van der Waals surface area contributed by atoms with E-state index in [2.05, 4.69) is 11.6 Å². The molecule has 0 N–H and O–H groups in total. The van der Waals surface area contributed by atoms with Crippen LogP contribution in [0.2, 0.25) is 5.15 Å². The van der Waals surface area contributed by atoms with Crippen LogP contribution in [0.5, 0.6) is 0 Å². The van der Waals surface area contributed by atoms with Crippen LogP contribution in [0.3, 0.4) is 0 Å². The Hall–Kier alpha value is -1.09. The first-order valence-corrected chi connectivity index (χ1v) is 6.82. The van der Waals surface area contributed by atoms with Crippen LogP contribution >= 0.6 is 11.6 Å². The standard InChI is InChI=1S/C14H21ClN2O/c1-4-5-6-7-8-9-17-13(18)10-12(15)16-14(17)11(2)3/h4,10-11H,1,5-9H2,2-3H3. The van der Waals surface area contributed by atoms with Gasteiger partial charge in [-0.2, -0.15) is 0 Å². The Bertz CT molecular complexity index is 452. The molecule has 1 aromatic rings. The van der Waals surface area contributed by atoms with Crippen LogP contribution in [-0.2, 0) is 6.54 Å². The number of hydrogen-bond donors (Lipinski definition) is 0. The number of unbranched alkanes of at least 4 members (excludes halogenated alkanes) is 3. The fourth-order valence-corrected chi connectivity index (χ4v) is 2.08. The summed E-state index contributed by atoms with van der Waals surface area (Å²) in [6.45, 7) is 8.45. The van der Waals surface area contributed by atoms with E-state index in [1.807, 2.05) is 19.9 Å². The Kier molecular flexibility index (Phi) is 6.13. The van der Waals surface area contributed by atoms with Crippen molar-refractivity contribution >= 4 is 11.6 Å². The van der Waals surface area contributed by atoms with Gasteiger partial charge in [0.25, 0.3) is 5.56 Å². The summed E-state index contributed by atoms with van der Waals surface area (Å²) in [5, 5.41) is 0.284. The summed E-state index contributed by atoms with van der Waals surface area (Å²) in [6, 6.07) is 1.39. The van der Waals surface area contributed by atoms with Gasteiger partial charge < -0.3 is 0 Å². The molecule has 100 valence electrons. The lowest BCUT2D eigenvalue weighted by molar-refractivity contribution is 0.532. The lowest BCUT2D eigenvalue weighted by Gasteiger charge is -2.14. The average Bonchev–Trinajstić information content (AvgIpc) is 2.30. The van der Waals surface area contributed by atoms with E-state index in [0.29, 0.717) is 6.54 Å². The Balaban J connectivity index is 2.74. The van der Waals surface area contributed by atoms with E-state index in [-0.39, 0.29) is 16.6 Å². The molecular weight excluding hydrogens is 248 g/mol. The largest absolute Gasteiger partial charge is 0.296 e. The van der Waals surface area contributed by atoms with Crippen LogP contribution in [0.1, 0.15) is 51.3 Å². The molecule has 0 saturated heterocycles. The van der Waals surface area contributed by atoms with Gasteiger partial charge in [0.15, 0.2) is 0 Å². The van der Waals surface area contributed by atoms with Crippen LogP contribution in [0, 0.1) is 0 Å². The molecule has 1 aromatic heterocycles. The molecular formula is C14H21ClN2O. The van der Waals surface area contributed by atoms with Gasteiger partial charge in [-0.3, -0.25) is 9.36 Å². The molecule has 0 amide bonds. The number of hydrogen-bond acceptors (Lipinski definition) is 2. The number of nitrogens with zero attached hydrogens (tertiary/aromatic N) is 2. The third kappa shape index (κ3) is 4.30. The van der Waals surface area contributed by atoms with E-state index >= 15 is 0 Å². The first kappa shape index (κ1) is 15.0. The highest BCUT2D eigenvalue weighted by molar-refractivity contribution is 6.29. The Morgan fingerprint density at radius 3 is 2.78 bits per heavy atom. The minimum atomic E-state index is -0.0533. The summed E-state index contributed by atoms with van der Waals surface area (Å²) in [6.07, 6.45) is 6.16. The van der Waals surface area contributed by atoms with E-state index in [1.54, 1.807) is 4.57 Å². The molecule has 0 unspecified atom stereocenters. The molecule has 0 saturated carbocycles. The van der Waals surface area contributed by atoms with Gasteiger partial charge in [0.1, 0.15) is 11.0 Å². The van der Waals surface area contributed by atoms with E-state index in [9.17, 15) is 4.79 Å². The molecule has 0 spiro atoms. The quantitative estimate of drug-likeness (QED) is 0.429. The van der Waals surface area contributed by atoms with E-state index in [1.165, 1.54) is 6.07 Å². The van der Waals surface area contributed by atoms with Crippen molar-refractivity contribution in [1.82, 2.24) is 9.55 Å². The second-order valence-corrected chi connectivity index (χ2v) is 5.11. The summed E-state index contributed by atoms with van der Waals surface area (Å²) < 4.78 is 1.74. The van der Waals surface area contributed by atoms with Crippen molar-refractivity contribution in [2.24, 2.45) is 0 Å². The van der Waals surface area contributed by atoms with Crippen molar-refractivity contribution < 1.29 is 0 Å². The monoisotopic (exact) mass is 268 g/mol. The number of halogens is 1. The van der Waals surface area contributed by atoms with Crippen LogP contribution in [0.4, 0.5) is 0 Å². The molecule has 1 rings (SSSR count). The zero-order valence-electron chi connectivity index (χ0n) is 11.2. The highest BCUT2D eigenvalue weighted by Crippen LogP contribution is 2.13. The molecule has 0 bridgehead atoms. The van der Waals surface area contributed by atoms with E-state index in [0.717, 1.165) is 31.5 Å². The first-order chi connectivity index (χ1) is 8.56. The number of allylic oxidation sites excluding steroid dienone is 1. The van der Waals surface area contributed by atoms with Crippen molar-refractivity contribution in [2.45, 2.75) is 52.0 Å². The number of aromatic nitrogens is 2. The van der Waals surface area contributed by atoms with Gasteiger partial charge >= 0.3 is 0 Å². The Labute approximate surface area is 114 Å². The van der Waals surface area contributed by atoms with Crippen molar-refractivity contribution in [3.63, 3.8) is 0 Å². The normalized spacial score (nSPS) is 10.9. The molecule has 18 heavy (non-hydrogen) atoms. The maximum absolute atomic E-state index is 11.9. The van der Waals surface area contributed by atoms with Gasteiger partial charge in [-0.1, -0.05) is 37.9 Å². The molecule has 0 fully saturated rings. The SMILES string of the molecule is C=CCCCCCn1c(C(C)C)nc(Cl)cc1=O.